The number of alkyl halides is 2. The van der Waals surface area contributed by atoms with Crippen LogP contribution < -0.4 is 9.80 Å². The van der Waals surface area contributed by atoms with Crippen molar-refractivity contribution in [1.29, 1.82) is 0 Å². The molecule has 7 rings (SSSR count). The van der Waals surface area contributed by atoms with E-state index < -0.39 is 115 Å². The lowest BCUT2D eigenvalue weighted by atomic mass is 9.56. The predicted molar refractivity (Wildman–Crippen MR) is 160 cm³/mol. The number of halogens is 8. The fourth-order valence-electron chi connectivity index (χ4n) is 7.62. The van der Waals surface area contributed by atoms with E-state index in [1.807, 2.05) is 0 Å². The summed E-state index contributed by atoms with van der Waals surface area (Å²) in [6.07, 6.45) is 0.435. The zero-order valence-corrected chi connectivity index (χ0v) is 26.1. The van der Waals surface area contributed by atoms with Crippen molar-refractivity contribution < 1.29 is 55.6 Å². The van der Waals surface area contributed by atoms with Gasteiger partial charge in [0.1, 0.15) is 5.69 Å². The van der Waals surface area contributed by atoms with Crippen LogP contribution in [0.15, 0.2) is 54.1 Å². The van der Waals surface area contributed by atoms with E-state index in [0.717, 1.165) is 47.4 Å². The van der Waals surface area contributed by atoms with Crippen molar-refractivity contribution in [3.8, 4) is 5.75 Å². The lowest BCUT2D eigenvalue weighted by molar-refractivity contribution is -0.384. The molecule has 2 aliphatic heterocycles. The number of nitrogens with zero attached hydrogens (tertiary/aromatic N) is 3. The zero-order chi connectivity index (χ0) is 36.4. The lowest BCUT2D eigenvalue weighted by Crippen LogP contribution is -2.60. The summed E-state index contributed by atoms with van der Waals surface area (Å²) >= 11 is 13.9. The Kier molecular flexibility index (Phi) is 7.39. The largest absolute Gasteiger partial charge is 0.505 e. The first-order valence-electron chi connectivity index (χ1n) is 14.6. The van der Waals surface area contributed by atoms with E-state index in [4.69, 9.17) is 23.2 Å². The second kappa shape index (κ2) is 11.0. The van der Waals surface area contributed by atoms with Gasteiger partial charge in [0.2, 0.25) is 17.6 Å². The molecule has 3 aromatic carbocycles. The van der Waals surface area contributed by atoms with Crippen LogP contribution in [0, 0.1) is 62.8 Å². The molecule has 0 radical (unpaired) electrons. The molecule has 4 aliphatic rings. The number of carbonyl (C=O) groups is 4. The van der Waals surface area contributed by atoms with Crippen LogP contribution in [0.1, 0.15) is 24.3 Å². The molecule has 0 bridgehead atoms. The van der Waals surface area contributed by atoms with E-state index in [1.165, 1.54) is 6.08 Å². The SMILES string of the molecule is O=C1C2CC=C3C(CC4(Cl)C(=O)N(c5c(F)c(F)c(F)c(F)c5F)C(=O)C4(Cl)C3c3ccc(O)c(F)c3)C2C(=O)N1c1ccc([N+](=O)[O-])cc1. The number of phenolic OH excluding ortho intramolecular Hbond substituents is 1. The minimum absolute atomic E-state index is 0.0357. The topological polar surface area (TPSA) is 138 Å². The summed E-state index contributed by atoms with van der Waals surface area (Å²) < 4.78 is 87.7. The molecule has 6 atom stereocenters. The van der Waals surface area contributed by atoms with Crippen LogP contribution in [-0.2, 0) is 19.2 Å². The number of rotatable bonds is 4. The maximum Gasteiger partial charge on any atom is 0.269 e. The van der Waals surface area contributed by atoms with E-state index in [1.54, 1.807) is 0 Å². The van der Waals surface area contributed by atoms with Crippen LogP contribution in [0.2, 0.25) is 0 Å². The normalized spacial score (nSPS) is 28.8. The Bertz CT molecular complexity index is 2120. The molecule has 2 aliphatic carbocycles. The van der Waals surface area contributed by atoms with Gasteiger partial charge in [0.25, 0.3) is 17.5 Å². The molecule has 3 fully saturated rings. The average molecular weight is 740 g/mol. The van der Waals surface area contributed by atoms with E-state index in [9.17, 15) is 52.0 Å². The highest BCUT2D eigenvalue weighted by Crippen LogP contribution is 2.66. The van der Waals surface area contributed by atoms with Crippen molar-refractivity contribution >= 4 is 63.9 Å². The van der Waals surface area contributed by atoms with Crippen LogP contribution in [0.3, 0.4) is 0 Å². The highest BCUT2D eigenvalue weighted by atomic mass is 35.5. The maximum atomic E-state index is 15.1. The number of hydrogen-bond acceptors (Lipinski definition) is 7. The van der Waals surface area contributed by atoms with Crippen molar-refractivity contribution in [1.82, 2.24) is 0 Å². The number of anilines is 2. The number of imide groups is 2. The number of hydrogen-bond donors (Lipinski definition) is 1. The number of non-ortho nitro benzene ring substituents is 1. The molecule has 4 amide bonds. The van der Waals surface area contributed by atoms with E-state index >= 15 is 8.78 Å². The molecule has 258 valence electrons. The van der Waals surface area contributed by atoms with Crippen molar-refractivity contribution in [2.75, 3.05) is 9.80 Å². The predicted octanol–water partition coefficient (Wildman–Crippen LogP) is 5.90. The number of nitro benzene ring substituents is 1. The first-order valence-corrected chi connectivity index (χ1v) is 15.3. The van der Waals surface area contributed by atoms with Gasteiger partial charge in [-0.15, -0.1) is 23.2 Å². The van der Waals surface area contributed by atoms with Gasteiger partial charge in [-0.2, -0.15) is 0 Å². The van der Waals surface area contributed by atoms with Gasteiger partial charge in [-0.05, 0) is 48.6 Å². The maximum absolute atomic E-state index is 15.1. The number of phenols is 1. The van der Waals surface area contributed by atoms with Crippen molar-refractivity contribution in [3.63, 3.8) is 0 Å². The number of fused-ring (bicyclic) bond motifs is 4. The Labute approximate surface area is 285 Å². The summed E-state index contributed by atoms with van der Waals surface area (Å²) in [7, 11) is 0. The first-order chi connectivity index (χ1) is 23.5. The number of nitro groups is 1. The first kappa shape index (κ1) is 33.5. The molecular weight excluding hydrogens is 723 g/mol. The Morgan fingerprint density at radius 3 is 1.98 bits per heavy atom. The minimum atomic E-state index is -2.87. The molecule has 0 aromatic heterocycles. The van der Waals surface area contributed by atoms with E-state index in [-0.39, 0.29) is 33.8 Å². The van der Waals surface area contributed by atoms with Gasteiger partial charge >= 0.3 is 0 Å². The van der Waals surface area contributed by atoms with Crippen LogP contribution >= 0.6 is 23.2 Å². The molecule has 1 N–H and O–H groups in total. The highest BCUT2D eigenvalue weighted by molar-refractivity contribution is 6.58. The zero-order valence-electron chi connectivity index (χ0n) is 24.6. The van der Waals surface area contributed by atoms with Gasteiger partial charge in [0.15, 0.2) is 44.6 Å². The number of aromatic hydroxyl groups is 1. The molecule has 0 spiro atoms. The van der Waals surface area contributed by atoms with Crippen LogP contribution in [-0.4, -0.2) is 43.4 Å². The van der Waals surface area contributed by atoms with Gasteiger partial charge < -0.3 is 5.11 Å². The molecule has 2 saturated heterocycles. The summed E-state index contributed by atoms with van der Waals surface area (Å²) in [6.45, 7) is 0. The molecule has 50 heavy (non-hydrogen) atoms. The molecular formula is C32H17Cl2F6N3O7. The smallest absolute Gasteiger partial charge is 0.269 e. The van der Waals surface area contributed by atoms with Gasteiger partial charge in [0, 0.05) is 18.1 Å². The summed E-state index contributed by atoms with van der Waals surface area (Å²) in [5, 5.41) is 21.0. The Morgan fingerprint density at radius 2 is 1.40 bits per heavy atom. The molecule has 3 aromatic rings. The summed E-state index contributed by atoms with van der Waals surface area (Å²) in [5.41, 5.74) is -2.51. The fourth-order valence-corrected chi connectivity index (χ4v) is 8.56. The third kappa shape index (κ3) is 4.17. The van der Waals surface area contributed by atoms with Crippen LogP contribution in [0.25, 0.3) is 0 Å². The third-order valence-electron chi connectivity index (χ3n) is 9.85. The van der Waals surface area contributed by atoms with Gasteiger partial charge in [-0.3, -0.25) is 34.2 Å². The van der Waals surface area contributed by atoms with Gasteiger partial charge in [-0.1, -0.05) is 17.7 Å². The third-order valence-corrected chi connectivity index (χ3v) is 11.3. The molecule has 18 heteroatoms. The molecule has 6 unspecified atom stereocenters. The quantitative estimate of drug-likeness (QED) is 0.0514. The van der Waals surface area contributed by atoms with E-state index in [0.29, 0.717) is 0 Å². The van der Waals surface area contributed by atoms with Crippen LogP contribution in [0.4, 0.5) is 43.4 Å². The van der Waals surface area contributed by atoms with Crippen molar-refractivity contribution in [2.45, 2.75) is 28.5 Å². The number of benzene rings is 3. The summed E-state index contributed by atoms with van der Waals surface area (Å²) in [4.78, 5) is 61.3. The number of allylic oxidation sites excluding steroid dienone is 2. The second-order valence-electron chi connectivity index (χ2n) is 12.2. The Morgan fingerprint density at radius 1 is 0.800 bits per heavy atom. The molecule has 2 heterocycles. The van der Waals surface area contributed by atoms with Gasteiger partial charge in [-0.25, -0.2) is 31.2 Å². The molecule has 10 nitrogen and oxygen atoms in total. The standard InChI is InChI=1S/C32H17Cl2F6N3O7/c33-31-10-16-14(6-7-15-19(16)28(46)41(27(15)45)12-2-4-13(5-3-12)43(49)50)20(11-1-8-18(44)17(35)9-11)32(31,34)30(48)42(29(31)47)26-24(39)22(37)21(36)23(38)25(26)40/h1-6,8-9,15-16,19-20,44H,7,10H2. The van der Waals surface area contributed by atoms with Crippen molar-refractivity contribution in [3.05, 3.63) is 105 Å². The Balaban J connectivity index is 1.41. The highest BCUT2D eigenvalue weighted by Gasteiger charge is 2.77. The lowest BCUT2D eigenvalue weighted by Gasteiger charge is -2.50. The monoisotopic (exact) mass is 739 g/mol. The fraction of sp³-hybridized carbons (Fsp3) is 0.250. The Hall–Kier alpha value is -4.96. The summed E-state index contributed by atoms with van der Waals surface area (Å²) in [6, 6.07) is 7.12. The second-order valence-corrected chi connectivity index (χ2v) is 13.4. The molecule has 1 saturated carbocycles. The van der Waals surface area contributed by atoms with E-state index in [2.05, 4.69) is 0 Å². The number of amides is 4. The van der Waals surface area contributed by atoms with Crippen molar-refractivity contribution in [2.24, 2.45) is 17.8 Å². The minimum Gasteiger partial charge on any atom is -0.505 e. The average Bonchev–Trinajstić information content (AvgIpc) is 3.42. The summed E-state index contributed by atoms with van der Waals surface area (Å²) in [5.74, 6) is -25.3. The van der Waals surface area contributed by atoms with Crippen LogP contribution in [0.5, 0.6) is 5.75 Å². The van der Waals surface area contributed by atoms with Gasteiger partial charge in [0.05, 0.1) is 22.4 Å². The number of carbonyl (C=O) groups excluding carboxylic acids is 4.